The number of hydrogen-bond acceptors (Lipinski definition) is 6. The lowest BCUT2D eigenvalue weighted by Crippen LogP contribution is -2.18. The Kier molecular flexibility index (Phi) is 5.47. The van der Waals surface area contributed by atoms with E-state index >= 15 is 4.39 Å². The maximum Gasteiger partial charge on any atom is 0.259 e. The third-order valence-corrected chi connectivity index (χ3v) is 6.07. The van der Waals surface area contributed by atoms with E-state index in [1.54, 1.807) is 42.9 Å². The number of carbonyl (C=O) groups excluding carboxylic acids is 1. The number of rotatable bonds is 4. The molecule has 0 atom stereocenters. The van der Waals surface area contributed by atoms with Gasteiger partial charge in [-0.15, -0.1) is 0 Å². The topological polar surface area (TPSA) is 118 Å². The third kappa shape index (κ3) is 4.03. The number of aromatic nitrogens is 4. The van der Waals surface area contributed by atoms with Crippen LogP contribution in [0, 0.1) is 5.82 Å². The fourth-order valence-corrected chi connectivity index (χ4v) is 4.38. The van der Waals surface area contributed by atoms with Crippen LogP contribution in [0.4, 0.5) is 16.0 Å². The minimum Gasteiger partial charge on any atom is -0.393 e. The molecule has 168 valence electrons. The summed E-state index contributed by atoms with van der Waals surface area (Å²) in [5, 5.41) is 12.5. The smallest absolute Gasteiger partial charge is 0.259 e. The number of nitrogens with two attached hydrogens (primary N) is 1. The molecule has 5 rings (SSSR count). The van der Waals surface area contributed by atoms with Crippen molar-refractivity contribution in [2.45, 2.75) is 37.7 Å². The van der Waals surface area contributed by atoms with Crippen molar-refractivity contribution >= 4 is 23.1 Å². The van der Waals surface area contributed by atoms with E-state index in [9.17, 15) is 9.90 Å². The highest BCUT2D eigenvalue weighted by atomic mass is 19.1. The molecule has 0 bridgehead atoms. The molecule has 3 heterocycles. The van der Waals surface area contributed by atoms with Crippen molar-refractivity contribution in [2.24, 2.45) is 0 Å². The molecule has 0 saturated heterocycles. The molecule has 33 heavy (non-hydrogen) atoms. The second kappa shape index (κ2) is 8.59. The van der Waals surface area contributed by atoms with E-state index in [1.807, 2.05) is 4.40 Å². The summed E-state index contributed by atoms with van der Waals surface area (Å²) in [6.45, 7) is 0. The first kappa shape index (κ1) is 21.0. The SMILES string of the molecule is Nc1nccn2c(C3CCC(O)CC3)nc(-c3ccc(C(=O)Nc4ccccn4)c(F)c3)c12. The fourth-order valence-electron chi connectivity index (χ4n) is 4.38. The van der Waals surface area contributed by atoms with Gasteiger partial charge in [0, 0.05) is 30.1 Å². The monoisotopic (exact) mass is 446 g/mol. The summed E-state index contributed by atoms with van der Waals surface area (Å²) in [5.41, 5.74) is 7.70. The number of nitrogen functional groups attached to an aromatic ring is 1. The molecule has 1 fully saturated rings. The normalized spacial score (nSPS) is 18.4. The van der Waals surface area contributed by atoms with Gasteiger partial charge in [-0.3, -0.25) is 9.20 Å². The van der Waals surface area contributed by atoms with Gasteiger partial charge in [-0.2, -0.15) is 0 Å². The number of aliphatic hydroxyl groups excluding tert-OH is 1. The maximum atomic E-state index is 15.0. The van der Waals surface area contributed by atoms with Crippen LogP contribution in [0.25, 0.3) is 16.8 Å². The Hall–Kier alpha value is -3.85. The molecule has 9 heteroatoms. The molecule has 4 N–H and O–H groups in total. The highest BCUT2D eigenvalue weighted by Gasteiger charge is 2.27. The molecule has 1 amide bonds. The van der Waals surface area contributed by atoms with E-state index in [1.165, 1.54) is 12.1 Å². The van der Waals surface area contributed by atoms with Crippen molar-refractivity contribution in [1.29, 1.82) is 0 Å². The molecule has 1 saturated carbocycles. The highest BCUT2D eigenvalue weighted by Crippen LogP contribution is 2.37. The van der Waals surface area contributed by atoms with Crippen LogP contribution in [0.15, 0.2) is 55.0 Å². The van der Waals surface area contributed by atoms with Crippen LogP contribution in [0.5, 0.6) is 0 Å². The Bertz CT molecular complexity index is 1320. The Morgan fingerprint density at radius 2 is 1.94 bits per heavy atom. The van der Waals surface area contributed by atoms with Gasteiger partial charge in [0.2, 0.25) is 0 Å². The molecular formula is C24H23FN6O2. The standard InChI is InChI=1S/C24H23FN6O2/c25-18-13-15(6-9-17(18)24(33)29-19-3-1-2-10-27-19)20-21-22(26)28-11-12-31(21)23(30-20)14-4-7-16(32)8-5-14/h1-3,6,9-14,16,32H,4-5,7-8H2,(H2,26,28)(H,27,29,33). The van der Waals surface area contributed by atoms with Gasteiger partial charge < -0.3 is 16.2 Å². The Labute approximate surface area is 189 Å². The lowest BCUT2D eigenvalue weighted by molar-refractivity contribution is 0.102. The molecule has 0 radical (unpaired) electrons. The second-order valence-electron chi connectivity index (χ2n) is 8.22. The van der Waals surface area contributed by atoms with Crippen LogP contribution in [-0.4, -0.2) is 36.5 Å². The number of carbonyl (C=O) groups is 1. The van der Waals surface area contributed by atoms with Crippen molar-refractivity contribution in [3.63, 3.8) is 0 Å². The summed E-state index contributed by atoms with van der Waals surface area (Å²) in [6, 6.07) is 9.45. The summed E-state index contributed by atoms with van der Waals surface area (Å²) in [7, 11) is 0. The van der Waals surface area contributed by atoms with Gasteiger partial charge in [-0.25, -0.2) is 19.3 Å². The van der Waals surface area contributed by atoms with Crippen molar-refractivity contribution in [3.05, 3.63) is 72.2 Å². The molecule has 0 unspecified atom stereocenters. The summed E-state index contributed by atoms with van der Waals surface area (Å²) in [5.74, 6) is 0.344. The summed E-state index contributed by atoms with van der Waals surface area (Å²) >= 11 is 0. The number of anilines is 2. The van der Waals surface area contributed by atoms with Gasteiger partial charge in [-0.1, -0.05) is 12.1 Å². The molecule has 1 aliphatic rings. The quantitative estimate of drug-likeness (QED) is 0.439. The molecule has 8 nitrogen and oxygen atoms in total. The van der Waals surface area contributed by atoms with E-state index in [0.717, 1.165) is 18.7 Å². The fraction of sp³-hybridized carbons (Fsp3) is 0.250. The number of amides is 1. The third-order valence-electron chi connectivity index (χ3n) is 6.07. The first-order valence-corrected chi connectivity index (χ1v) is 10.8. The molecular weight excluding hydrogens is 423 g/mol. The Morgan fingerprint density at radius 3 is 2.67 bits per heavy atom. The highest BCUT2D eigenvalue weighted by molar-refractivity contribution is 6.04. The molecule has 1 aliphatic carbocycles. The average Bonchev–Trinajstić information content (AvgIpc) is 3.21. The Balaban J connectivity index is 1.51. The first-order chi connectivity index (χ1) is 16.0. The Morgan fingerprint density at radius 1 is 1.12 bits per heavy atom. The lowest BCUT2D eigenvalue weighted by atomic mass is 9.87. The van der Waals surface area contributed by atoms with E-state index in [0.29, 0.717) is 41.3 Å². The maximum absolute atomic E-state index is 15.0. The minimum atomic E-state index is -0.674. The van der Waals surface area contributed by atoms with Gasteiger partial charge in [0.05, 0.1) is 11.7 Å². The van der Waals surface area contributed by atoms with Gasteiger partial charge in [0.15, 0.2) is 0 Å². The summed E-state index contributed by atoms with van der Waals surface area (Å²) in [4.78, 5) is 25.6. The van der Waals surface area contributed by atoms with E-state index in [-0.39, 0.29) is 17.6 Å². The van der Waals surface area contributed by atoms with Crippen molar-refractivity contribution < 1.29 is 14.3 Å². The summed E-state index contributed by atoms with van der Waals surface area (Å²) in [6.07, 6.45) is 7.72. The zero-order valence-electron chi connectivity index (χ0n) is 17.8. The number of halogens is 1. The average molecular weight is 446 g/mol. The number of hydrogen-bond donors (Lipinski definition) is 3. The number of benzene rings is 1. The van der Waals surface area contributed by atoms with Crippen LogP contribution in [0.3, 0.4) is 0 Å². The zero-order valence-corrected chi connectivity index (χ0v) is 17.8. The predicted octanol–water partition coefficient (Wildman–Crippen LogP) is 3.78. The summed E-state index contributed by atoms with van der Waals surface area (Å²) < 4.78 is 16.9. The van der Waals surface area contributed by atoms with Crippen LogP contribution >= 0.6 is 0 Å². The van der Waals surface area contributed by atoms with Gasteiger partial charge in [-0.05, 0) is 49.9 Å². The first-order valence-electron chi connectivity index (χ1n) is 10.8. The number of pyridine rings is 1. The zero-order chi connectivity index (χ0) is 22.9. The van der Waals surface area contributed by atoms with Gasteiger partial charge in [0.1, 0.15) is 34.5 Å². The number of nitrogens with one attached hydrogen (secondary N) is 1. The van der Waals surface area contributed by atoms with Crippen LogP contribution in [-0.2, 0) is 0 Å². The van der Waals surface area contributed by atoms with Crippen LogP contribution in [0.2, 0.25) is 0 Å². The molecule has 0 aliphatic heterocycles. The number of fused-ring (bicyclic) bond motifs is 1. The predicted molar refractivity (Wildman–Crippen MR) is 122 cm³/mol. The molecule has 0 spiro atoms. The van der Waals surface area contributed by atoms with Crippen LogP contribution < -0.4 is 11.1 Å². The molecule has 3 aromatic heterocycles. The van der Waals surface area contributed by atoms with Crippen molar-refractivity contribution in [1.82, 2.24) is 19.4 Å². The molecule has 4 aromatic rings. The van der Waals surface area contributed by atoms with E-state index in [2.05, 4.69) is 15.3 Å². The number of imidazole rings is 1. The van der Waals surface area contributed by atoms with Crippen LogP contribution in [0.1, 0.15) is 47.8 Å². The number of nitrogens with zero attached hydrogens (tertiary/aromatic N) is 4. The second-order valence-corrected chi connectivity index (χ2v) is 8.22. The lowest BCUT2D eigenvalue weighted by Gasteiger charge is -2.24. The van der Waals surface area contributed by atoms with E-state index < -0.39 is 11.7 Å². The van der Waals surface area contributed by atoms with E-state index in [4.69, 9.17) is 10.7 Å². The molecule has 1 aromatic carbocycles. The number of aliphatic hydroxyl groups is 1. The minimum absolute atomic E-state index is 0.0968. The van der Waals surface area contributed by atoms with Crippen molar-refractivity contribution in [2.75, 3.05) is 11.1 Å². The van der Waals surface area contributed by atoms with Gasteiger partial charge in [0.25, 0.3) is 5.91 Å². The van der Waals surface area contributed by atoms with Crippen molar-refractivity contribution in [3.8, 4) is 11.3 Å². The largest absolute Gasteiger partial charge is 0.393 e. The van der Waals surface area contributed by atoms with Gasteiger partial charge >= 0.3 is 0 Å².